The summed E-state index contributed by atoms with van der Waals surface area (Å²) in [6, 6.07) is 18.6. The molecule has 222 valence electrons. The summed E-state index contributed by atoms with van der Waals surface area (Å²) in [6.45, 7) is 6.25. The fourth-order valence-electron chi connectivity index (χ4n) is 5.40. The van der Waals surface area contributed by atoms with Crippen LogP contribution >= 0.6 is 0 Å². The SMILES string of the molecule is CCOc1cc2oc(-c3ccc(F)cc3)c(C(=O)NC)c2cc1-c1cccc(C(=O)CC(C)(C)c2nc3ccncc3[nH]2)c1. The molecule has 9 heteroatoms. The van der Waals surface area contributed by atoms with E-state index in [9.17, 15) is 14.0 Å². The van der Waals surface area contributed by atoms with Gasteiger partial charge in [-0.3, -0.25) is 14.6 Å². The first-order valence-electron chi connectivity index (χ1n) is 14.3. The molecule has 2 N–H and O–H groups in total. The Kier molecular flexibility index (Phi) is 7.47. The van der Waals surface area contributed by atoms with Crippen molar-refractivity contribution in [3.8, 4) is 28.2 Å². The van der Waals surface area contributed by atoms with Gasteiger partial charge in [0.15, 0.2) is 5.78 Å². The minimum atomic E-state index is -0.558. The van der Waals surface area contributed by atoms with Crippen LogP contribution in [-0.4, -0.2) is 40.3 Å². The number of aromatic nitrogens is 3. The molecule has 44 heavy (non-hydrogen) atoms. The number of ketones is 1. The quantitative estimate of drug-likeness (QED) is 0.169. The predicted molar refractivity (Wildman–Crippen MR) is 167 cm³/mol. The predicted octanol–water partition coefficient (Wildman–Crippen LogP) is 7.49. The van der Waals surface area contributed by atoms with Gasteiger partial charge in [-0.25, -0.2) is 9.37 Å². The molecule has 0 bridgehead atoms. The van der Waals surface area contributed by atoms with Crippen LogP contribution < -0.4 is 10.1 Å². The molecule has 0 saturated heterocycles. The summed E-state index contributed by atoms with van der Waals surface area (Å²) in [5.74, 6) is 0.816. The van der Waals surface area contributed by atoms with E-state index in [-0.39, 0.29) is 23.9 Å². The van der Waals surface area contributed by atoms with E-state index < -0.39 is 5.41 Å². The van der Waals surface area contributed by atoms with Gasteiger partial charge in [0.2, 0.25) is 0 Å². The van der Waals surface area contributed by atoms with E-state index in [0.717, 1.165) is 16.6 Å². The summed E-state index contributed by atoms with van der Waals surface area (Å²) < 4.78 is 25.9. The first-order valence-corrected chi connectivity index (χ1v) is 14.3. The van der Waals surface area contributed by atoms with Crippen LogP contribution in [0.25, 0.3) is 44.5 Å². The van der Waals surface area contributed by atoms with E-state index in [1.807, 2.05) is 51.1 Å². The summed E-state index contributed by atoms with van der Waals surface area (Å²) in [5.41, 5.74) is 4.40. The molecular formula is C35H31FN4O4. The molecule has 0 aliphatic carbocycles. The zero-order valence-electron chi connectivity index (χ0n) is 24.8. The smallest absolute Gasteiger partial charge is 0.255 e. The number of ether oxygens (including phenoxy) is 1. The van der Waals surface area contributed by atoms with E-state index in [4.69, 9.17) is 14.1 Å². The second-order valence-corrected chi connectivity index (χ2v) is 11.2. The van der Waals surface area contributed by atoms with Crippen LogP contribution in [0.5, 0.6) is 5.75 Å². The Labute approximate surface area is 253 Å². The van der Waals surface area contributed by atoms with Crippen LogP contribution in [0.4, 0.5) is 4.39 Å². The lowest BCUT2D eigenvalue weighted by molar-refractivity contribution is 0.0951. The molecule has 0 unspecified atom stereocenters. The summed E-state index contributed by atoms with van der Waals surface area (Å²) >= 11 is 0. The van der Waals surface area contributed by atoms with E-state index >= 15 is 0 Å². The second-order valence-electron chi connectivity index (χ2n) is 11.2. The summed E-state index contributed by atoms with van der Waals surface area (Å²) in [5, 5.41) is 3.26. The molecule has 0 aliphatic rings. The largest absolute Gasteiger partial charge is 0.493 e. The highest BCUT2D eigenvalue weighted by Crippen LogP contribution is 2.41. The van der Waals surface area contributed by atoms with Crippen LogP contribution in [0.15, 0.2) is 83.5 Å². The van der Waals surface area contributed by atoms with Crippen molar-refractivity contribution >= 4 is 33.7 Å². The maximum absolute atomic E-state index is 13.7. The van der Waals surface area contributed by atoms with Crippen molar-refractivity contribution in [3.05, 3.63) is 102 Å². The normalized spacial score (nSPS) is 11.7. The molecule has 0 atom stereocenters. The van der Waals surface area contributed by atoms with Crippen molar-refractivity contribution in [2.75, 3.05) is 13.7 Å². The molecule has 0 spiro atoms. The van der Waals surface area contributed by atoms with Gasteiger partial charge in [0.05, 0.1) is 29.4 Å². The first-order chi connectivity index (χ1) is 21.2. The lowest BCUT2D eigenvalue weighted by Crippen LogP contribution is -2.23. The Morgan fingerprint density at radius 3 is 2.57 bits per heavy atom. The molecule has 3 aromatic carbocycles. The maximum Gasteiger partial charge on any atom is 0.255 e. The van der Waals surface area contributed by atoms with Gasteiger partial charge in [-0.15, -0.1) is 0 Å². The molecule has 8 nitrogen and oxygen atoms in total. The maximum atomic E-state index is 13.7. The number of benzene rings is 3. The Hall–Kier alpha value is -5.31. The first kappa shape index (κ1) is 28.8. The number of carbonyl (C=O) groups excluding carboxylic acids is 2. The van der Waals surface area contributed by atoms with Crippen molar-refractivity contribution in [1.82, 2.24) is 20.3 Å². The monoisotopic (exact) mass is 590 g/mol. The third kappa shape index (κ3) is 5.32. The molecule has 6 rings (SSSR count). The lowest BCUT2D eigenvalue weighted by atomic mass is 9.84. The number of carbonyl (C=O) groups is 2. The number of furan rings is 1. The van der Waals surface area contributed by atoms with Crippen LogP contribution in [-0.2, 0) is 5.41 Å². The number of H-pyrrole nitrogens is 1. The zero-order chi connectivity index (χ0) is 31.0. The molecule has 0 aliphatic heterocycles. The Balaban J connectivity index is 1.40. The van der Waals surface area contributed by atoms with E-state index in [2.05, 4.69) is 15.3 Å². The Morgan fingerprint density at radius 1 is 1.05 bits per heavy atom. The summed E-state index contributed by atoms with van der Waals surface area (Å²) in [6.07, 6.45) is 3.64. The number of imidazole rings is 1. The highest BCUT2D eigenvalue weighted by Gasteiger charge is 2.29. The third-order valence-corrected chi connectivity index (χ3v) is 7.67. The highest BCUT2D eigenvalue weighted by molar-refractivity contribution is 6.12. The Morgan fingerprint density at radius 2 is 1.84 bits per heavy atom. The van der Waals surface area contributed by atoms with Crippen molar-refractivity contribution < 1.29 is 23.1 Å². The molecule has 0 saturated carbocycles. The van der Waals surface area contributed by atoms with Gasteiger partial charge >= 0.3 is 0 Å². The molecule has 0 fully saturated rings. The van der Waals surface area contributed by atoms with Gasteiger partial charge < -0.3 is 19.5 Å². The van der Waals surface area contributed by atoms with Gasteiger partial charge in [-0.05, 0) is 55.0 Å². The van der Waals surface area contributed by atoms with Gasteiger partial charge in [0.25, 0.3) is 5.91 Å². The number of rotatable bonds is 9. The van der Waals surface area contributed by atoms with Crippen molar-refractivity contribution in [3.63, 3.8) is 0 Å². The number of Topliss-reactive ketones (excluding diaryl/α,β-unsaturated/α-hetero) is 1. The fourth-order valence-corrected chi connectivity index (χ4v) is 5.40. The average Bonchev–Trinajstić information content (AvgIpc) is 3.63. The van der Waals surface area contributed by atoms with E-state index in [1.54, 1.807) is 43.7 Å². The highest BCUT2D eigenvalue weighted by atomic mass is 19.1. The standard InChI is InChI=1S/C35H31FN4O4/c1-5-43-29-17-30-25(31(33(42)37-4)32(44-30)20-9-11-23(36)12-10-20)16-24(29)21-7-6-8-22(15-21)28(41)18-35(2,3)34-39-26-13-14-38-19-27(26)40-34/h6-17,19H,5,18H2,1-4H3,(H,37,42)(H,39,40). The molecule has 6 aromatic rings. The number of halogens is 1. The number of nitrogens with zero attached hydrogens (tertiary/aromatic N) is 2. The van der Waals surface area contributed by atoms with Crippen molar-refractivity contribution in [2.45, 2.75) is 32.6 Å². The van der Waals surface area contributed by atoms with Crippen molar-refractivity contribution in [1.29, 1.82) is 0 Å². The number of amides is 1. The second kappa shape index (κ2) is 11.4. The third-order valence-electron chi connectivity index (χ3n) is 7.67. The number of pyridine rings is 1. The topological polar surface area (TPSA) is 110 Å². The summed E-state index contributed by atoms with van der Waals surface area (Å²) in [7, 11) is 1.55. The molecule has 3 aromatic heterocycles. The number of aromatic amines is 1. The molecule has 1 amide bonds. The van der Waals surface area contributed by atoms with Gasteiger partial charge in [-0.2, -0.15) is 0 Å². The lowest BCUT2D eigenvalue weighted by Gasteiger charge is -2.21. The van der Waals surface area contributed by atoms with Gasteiger partial charge in [0, 0.05) is 53.2 Å². The van der Waals surface area contributed by atoms with Gasteiger partial charge in [-0.1, -0.05) is 32.0 Å². The van der Waals surface area contributed by atoms with Crippen LogP contribution in [0, 0.1) is 5.82 Å². The molecule has 3 heterocycles. The zero-order valence-corrected chi connectivity index (χ0v) is 24.8. The number of hydrogen-bond donors (Lipinski definition) is 2. The molecule has 0 radical (unpaired) electrons. The number of fused-ring (bicyclic) bond motifs is 2. The van der Waals surface area contributed by atoms with Crippen molar-refractivity contribution in [2.24, 2.45) is 0 Å². The summed E-state index contributed by atoms with van der Waals surface area (Å²) in [4.78, 5) is 38.9. The minimum absolute atomic E-state index is 0.0394. The molecular weight excluding hydrogens is 559 g/mol. The fraction of sp³-hybridized carbons (Fsp3) is 0.200. The minimum Gasteiger partial charge on any atom is -0.493 e. The number of hydrogen-bond acceptors (Lipinski definition) is 6. The van der Waals surface area contributed by atoms with Crippen LogP contribution in [0.3, 0.4) is 0 Å². The Bertz CT molecular complexity index is 1990. The number of nitrogens with one attached hydrogen (secondary N) is 2. The van der Waals surface area contributed by atoms with E-state index in [0.29, 0.717) is 57.2 Å². The van der Waals surface area contributed by atoms with Crippen LogP contribution in [0.2, 0.25) is 0 Å². The average molecular weight is 591 g/mol. The van der Waals surface area contributed by atoms with Gasteiger partial charge in [0.1, 0.15) is 28.7 Å². The van der Waals surface area contributed by atoms with E-state index in [1.165, 1.54) is 12.1 Å². The van der Waals surface area contributed by atoms with Crippen LogP contribution in [0.1, 0.15) is 53.7 Å².